The van der Waals surface area contributed by atoms with E-state index in [1.54, 1.807) is 6.20 Å². The highest BCUT2D eigenvalue weighted by Crippen LogP contribution is 2.32. The van der Waals surface area contributed by atoms with Crippen molar-refractivity contribution in [2.75, 3.05) is 11.9 Å². The number of nitrogens with one attached hydrogen (secondary N) is 2. The number of aryl methyl sites for hydroxylation is 1. The van der Waals surface area contributed by atoms with Crippen LogP contribution in [0.1, 0.15) is 17.3 Å². The van der Waals surface area contributed by atoms with Crippen LogP contribution >= 0.6 is 11.6 Å². The zero-order valence-electron chi connectivity index (χ0n) is 14.8. The van der Waals surface area contributed by atoms with Gasteiger partial charge >= 0.3 is 0 Å². The van der Waals surface area contributed by atoms with E-state index in [-0.39, 0.29) is 12.6 Å². The Morgan fingerprint density at radius 2 is 1.96 bits per heavy atom. The summed E-state index contributed by atoms with van der Waals surface area (Å²) in [4.78, 5) is 4.32. The number of fused-ring (bicyclic) bond motifs is 1. The van der Waals surface area contributed by atoms with Crippen LogP contribution in [0.15, 0.2) is 60.8 Å². The van der Waals surface area contributed by atoms with Crippen LogP contribution in [0.3, 0.4) is 0 Å². The summed E-state index contributed by atoms with van der Waals surface area (Å²) in [5.41, 5.74) is 5.52. The van der Waals surface area contributed by atoms with Crippen molar-refractivity contribution >= 4 is 28.2 Å². The number of anilines is 1. The Hall–Kier alpha value is -2.89. The Kier molecular flexibility index (Phi) is 4.79. The zero-order valence-corrected chi connectivity index (χ0v) is 15.5. The third-order valence-corrected chi connectivity index (χ3v) is 4.92. The normalized spacial score (nSPS) is 12.3. The number of aromatic nitrogens is 3. The first-order valence-corrected chi connectivity index (χ1v) is 9.06. The van der Waals surface area contributed by atoms with Gasteiger partial charge in [-0.3, -0.25) is 5.10 Å². The van der Waals surface area contributed by atoms with Crippen LogP contribution in [-0.2, 0) is 0 Å². The molecule has 2 heterocycles. The lowest BCUT2D eigenvalue weighted by molar-refractivity contribution is 0.276. The number of benzene rings is 2. The van der Waals surface area contributed by atoms with Crippen LogP contribution in [0.2, 0.25) is 5.15 Å². The second-order valence-corrected chi connectivity index (χ2v) is 6.79. The van der Waals surface area contributed by atoms with E-state index in [0.717, 1.165) is 39.0 Å². The van der Waals surface area contributed by atoms with Crippen molar-refractivity contribution in [3.63, 3.8) is 0 Å². The van der Waals surface area contributed by atoms with Crippen LogP contribution in [0.5, 0.6) is 0 Å². The highest BCUT2D eigenvalue weighted by molar-refractivity contribution is 6.32. The Bertz CT molecular complexity index is 1080. The minimum Gasteiger partial charge on any atom is -0.394 e. The Balaban J connectivity index is 1.69. The lowest BCUT2D eigenvalue weighted by Gasteiger charge is -2.18. The van der Waals surface area contributed by atoms with Gasteiger partial charge in [-0.25, -0.2) is 4.98 Å². The van der Waals surface area contributed by atoms with Crippen molar-refractivity contribution in [1.29, 1.82) is 0 Å². The van der Waals surface area contributed by atoms with Crippen LogP contribution < -0.4 is 5.32 Å². The molecule has 27 heavy (non-hydrogen) atoms. The van der Waals surface area contributed by atoms with E-state index in [1.807, 2.05) is 55.5 Å². The summed E-state index contributed by atoms with van der Waals surface area (Å²) in [5, 5.41) is 21.9. The summed E-state index contributed by atoms with van der Waals surface area (Å²) in [6.45, 7) is 1.96. The van der Waals surface area contributed by atoms with Gasteiger partial charge in [-0.15, -0.1) is 0 Å². The molecule has 4 rings (SSSR count). The van der Waals surface area contributed by atoms with Crippen molar-refractivity contribution in [1.82, 2.24) is 15.2 Å². The Morgan fingerprint density at radius 3 is 2.74 bits per heavy atom. The summed E-state index contributed by atoms with van der Waals surface area (Å²) in [6, 6.07) is 17.6. The number of pyridine rings is 1. The first kappa shape index (κ1) is 17.5. The standard InChI is InChI=1S/C21H19ClN4O/c1-13-17-9-15(7-8-19(17)26-25-13)18-10-16(11-23-21(18)22)24-20(12-27)14-5-3-2-4-6-14/h2-11,20,24,27H,12H2,1H3,(H,25,26)/t20-/m0/s1. The van der Waals surface area contributed by atoms with E-state index in [2.05, 4.69) is 26.6 Å². The minimum atomic E-state index is -0.222. The maximum absolute atomic E-state index is 9.79. The fourth-order valence-electron chi connectivity index (χ4n) is 3.16. The smallest absolute Gasteiger partial charge is 0.136 e. The number of rotatable bonds is 5. The number of aliphatic hydroxyl groups is 1. The third kappa shape index (κ3) is 3.52. The molecule has 0 fully saturated rings. The van der Waals surface area contributed by atoms with Crippen molar-refractivity contribution in [3.05, 3.63) is 77.2 Å². The first-order chi connectivity index (χ1) is 13.2. The van der Waals surface area contributed by atoms with E-state index in [0.29, 0.717) is 5.15 Å². The molecule has 0 unspecified atom stereocenters. The summed E-state index contributed by atoms with van der Waals surface area (Å²) >= 11 is 6.37. The zero-order chi connectivity index (χ0) is 18.8. The number of H-pyrrole nitrogens is 1. The molecular weight excluding hydrogens is 360 g/mol. The van der Waals surface area contributed by atoms with Crippen LogP contribution in [-0.4, -0.2) is 26.9 Å². The quantitative estimate of drug-likeness (QED) is 0.439. The lowest BCUT2D eigenvalue weighted by atomic mass is 10.0. The van der Waals surface area contributed by atoms with E-state index in [4.69, 9.17) is 11.6 Å². The second kappa shape index (κ2) is 7.39. The van der Waals surface area contributed by atoms with Gasteiger partial charge in [0.15, 0.2) is 0 Å². The number of halogens is 1. The average Bonchev–Trinajstić information content (AvgIpc) is 3.08. The van der Waals surface area contributed by atoms with Crippen LogP contribution in [0, 0.1) is 6.92 Å². The highest BCUT2D eigenvalue weighted by atomic mass is 35.5. The maximum Gasteiger partial charge on any atom is 0.136 e. The predicted molar refractivity (Wildman–Crippen MR) is 109 cm³/mol. The molecule has 1 atom stereocenters. The molecule has 136 valence electrons. The minimum absolute atomic E-state index is 0.0256. The molecule has 2 aromatic carbocycles. The van der Waals surface area contributed by atoms with Crippen molar-refractivity contribution in [3.8, 4) is 11.1 Å². The van der Waals surface area contributed by atoms with Gasteiger partial charge in [0, 0.05) is 16.6 Å². The van der Waals surface area contributed by atoms with Gasteiger partial charge in [0.1, 0.15) is 5.15 Å². The fourth-order valence-corrected chi connectivity index (χ4v) is 3.37. The molecule has 3 N–H and O–H groups in total. The molecule has 6 heteroatoms. The number of aromatic amines is 1. The molecule has 0 aliphatic rings. The monoisotopic (exact) mass is 378 g/mol. The maximum atomic E-state index is 9.79. The molecule has 5 nitrogen and oxygen atoms in total. The SMILES string of the molecule is Cc1[nH]nc2ccc(-c3cc(N[C@@H](CO)c4ccccc4)cnc3Cl)cc12. The molecule has 2 aromatic heterocycles. The summed E-state index contributed by atoms with van der Waals surface area (Å²) in [5.74, 6) is 0. The highest BCUT2D eigenvalue weighted by Gasteiger charge is 2.13. The Morgan fingerprint density at radius 1 is 1.15 bits per heavy atom. The van der Waals surface area contributed by atoms with E-state index in [1.165, 1.54) is 0 Å². The Labute approximate surface area is 162 Å². The molecule has 0 radical (unpaired) electrons. The summed E-state index contributed by atoms with van der Waals surface area (Å²) in [7, 11) is 0. The van der Waals surface area contributed by atoms with Gasteiger partial charge < -0.3 is 10.4 Å². The van der Waals surface area contributed by atoms with Crippen LogP contribution in [0.4, 0.5) is 5.69 Å². The van der Waals surface area contributed by atoms with Gasteiger partial charge in [-0.1, -0.05) is 48.0 Å². The lowest BCUT2D eigenvalue weighted by Crippen LogP contribution is -2.14. The van der Waals surface area contributed by atoms with Gasteiger partial charge in [-0.05, 0) is 36.2 Å². The van der Waals surface area contributed by atoms with Crippen LogP contribution in [0.25, 0.3) is 22.0 Å². The van der Waals surface area contributed by atoms with E-state index >= 15 is 0 Å². The van der Waals surface area contributed by atoms with Crippen molar-refractivity contribution in [2.24, 2.45) is 0 Å². The molecular formula is C21H19ClN4O. The van der Waals surface area contributed by atoms with Gasteiger partial charge in [0.25, 0.3) is 0 Å². The molecule has 0 saturated heterocycles. The molecule has 4 aromatic rings. The largest absolute Gasteiger partial charge is 0.394 e. The second-order valence-electron chi connectivity index (χ2n) is 6.43. The number of aliphatic hydroxyl groups excluding tert-OH is 1. The van der Waals surface area contributed by atoms with Gasteiger partial charge in [0.2, 0.25) is 0 Å². The van der Waals surface area contributed by atoms with Gasteiger partial charge in [0.05, 0.1) is 30.0 Å². The van der Waals surface area contributed by atoms with Gasteiger partial charge in [-0.2, -0.15) is 5.10 Å². The molecule has 0 amide bonds. The topological polar surface area (TPSA) is 73.8 Å². The summed E-state index contributed by atoms with van der Waals surface area (Å²) < 4.78 is 0. The predicted octanol–water partition coefficient (Wildman–Crippen LogP) is 4.73. The molecule has 0 spiro atoms. The van der Waals surface area contributed by atoms with E-state index in [9.17, 15) is 5.11 Å². The molecule has 0 bridgehead atoms. The molecule has 0 saturated carbocycles. The van der Waals surface area contributed by atoms with E-state index < -0.39 is 0 Å². The third-order valence-electron chi connectivity index (χ3n) is 4.62. The first-order valence-electron chi connectivity index (χ1n) is 8.68. The summed E-state index contributed by atoms with van der Waals surface area (Å²) in [6.07, 6.45) is 1.68. The number of hydrogen-bond acceptors (Lipinski definition) is 4. The average molecular weight is 379 g/mol. The fraction of sp³-hybridized carbons (Fsp3) is 0.143. The van der Waals surface area contributed by atoms with Crippen molar-refractivity contribution < 1.29 is 5.11 Å². The molecule has 0 aliphatic carbocycles. The van der Waals surface area contributed by atoms with Crippen molar-refractivity contribution in [2.45, 2.75) is 13.0 Å². The number of nitrogens with zero attached hydrogens (tertiary/aromatic N) is 2. The number of hydrogen-bond donors (Lipinski definition) is 3. The molecule has 0 aliphatic heterocycles.